The van der Waals surface area contributed by atoms with Gasteiger partial charge >= 0.3 is 0 Å². The van der Waals surface area contributed by atoms with Gasteiger partial charge in [0.15, 0.2) is 0 Å². The van der Waals surface area contributed by atoms with E-state index in [1.54, 1.807) is 30.3 Å². The van der Waals surface area contributed by atoms with Gasteiger partial charge in [0.25, 0.3) is 0 Å². The van der Waals surface area contributed by atoms with Crippen molar-refractivity contribution in [2.24, 2.45) is 0 Å². The molecule has 0 heterocycles. The van der Waals surface area contributed by atoms with Gasteiger partial charge in [0.05, 0.1) is 5.56 Å². The van der Waals surface area contributed by atoms with E-state index in [0.29, 0.717) is 18.4 Å². The summed E-state index contributed by atoms with van der Waals surface area (Å²) >= 11 is 0. The quantitative estimate of drug-likeness (QED) is 0.788. The Morgan fingerprint density at radius 2 is 1.26 bits per heavy atom. The number of benzene rings is 2. The standard InChI is InChI=1S/C16H18O3/c1-3-10-8-12(17)9-11(4-2)15(10)16-13(18)6-5-7-14(16)19/h5-9,17-19H,3-4H2,1-2H3. The molecule has 0 aliphatic carbocycles. The molecule has 0 saturated heterocycles. The van der Waals surface area contributed by atoms with Crippen LogP contribution in [-0.2, 0) is 12.8 Å². The van der Waals surface area contributed by atoms with Crippen LogP contribution in [0.25, 0.3) is 11.1 Å². The number of phenols is 3. The fraction of sp³-hybridized carbons (Fsp3) is 0.250. The normalized spacial score (nSPS) is 10.6. The fourth-order valence-electron chi connectivity index (χ4n) is 2.41. The van der Waals surface area contributed by atoms with Crippen molar-refractivity contribution in [3.63, 3.8) is 0 Å². The Morgan fingerprint density at radius 3 is 1.68 bits per heavy atom. The molecule has 0 aliphatic rings. The molecule has 0 saturated carbocycles. The van der Waals surface area contributed by atoms with E-state index in [1.165, 1.54) is 0 Å². The predicted octanol–water partition coefficient (Wildman–Crippen LogP) is 3.60. The molecule has 0 spiro atoms. The van der Waals surface area contributed by atoms with Crippen molar-refractivity contribution in [2.75, 3.05) is 0 Å². The number of hydrogen-bond donors (Lipinski definition) is 3. The van der Waals surface area contributed by atoms with Crippen LogP contribution in [0.4, 0.5) is 0 Å². The van der Waals surface area contributed by atoms with E-state index < -0.39 is 0 Å². The van der Waals surface area contributed by atoms with Gasteiger partial charge in [-0.2, -0.15) is 0 Å². The lowest BCUT2D eigenvalue weighted by Gasteiger charge is -2.16. The van der Waals surface area contributed by atoms with Crippen LogP contribution in [0, 0.1) is 0 Å². The average molecular weight is 258 g/mol. The third-order valence-corrected chi connectivity index (χ3v) is 3.32. The molecular formula is C16H18O3. The number of aryl methyl sites for hydroxylation is 2. The van der Waals surface area contributed by atoms with Gasteiger partial charge in [-0.05, 0) is 53.8 Å². The van der Waals surface area contributed by atoms with Gasteiger partial charge in [-0.25, -0.2) is 0 Å². The summed E-state index contributed by atoms with van der Waals surface area (Å²) in [7, 11) is 0. The summed E-state index contributed by atoms with van der Waals surface area (Å²) < 4.78 is 0. The lowest BCUT2D eigenvalue weighted by atomic mass is 9.90. The minimum Gasteiger partial charge on any atom is -0.508 e. The summed E-state index contributed by atoms with van der Waals surface area (Å²) in [5, 5.41) is 29.8. The number of aromatic hydroxyl groups is 3. The van der Waals surface area contributed by atoms with Crippen molar-refractivity contribution in [2.45, 2.75) is 26.7 Å². The molecule has 2 rings (SSSR count). The molecule has 0 atom stereocenters. The van der Waals surface area contributed by atoms with E-state index >= 15 is 0 Å². The monoisotopic (exact) mass is 258 g/mol. The smallest absolute Gasteiger partial charge is 0.127 e. The van der Waals surface area contributed by atoms with Gasteiger partial charge in [-0.3, -0.25) is 0 Å². The van der Waals surface area contributed by atoms with E-state index in [2.05, 4.69) is 0 Å². The Kier molecular flexibility index (Phi) is 3.65. The molecule has 0 amide bonds. The van der Waals surface area contributed by atoms with Crippen molar-refractivity contribution in [3.05, 3.63) is 41.5 Å². The van der Waals surface area contributed by atoms with Crippen LogP contribution in [0.1, 0.15) is 25.0 Å². The zero-order valence-corrected chi connectivity index (χ0v) is 11.1. The topological polar surface area (TPSA) is 60.7 Å². The Hall–Kier alpha value is -2.16. The van der Waals surface area contributed by atoms with Crippen molar-refractivity contribution in [1.29, 1.82) is 0 Å². The number of hydrogen-bond acceptors (Lipinski definition) is 3. The van der Waals surface area contributed by atoms with Crippen molar-refractivity contribution < 1.29 is 15.3 Å². The SMILES string of the molecule is CCc1cc(O)cc(CC)c1-c1c(O)cccc1O. The lowest BCUT2D eigenvalue weighted by Crippen LogP contribution is -1.95. The average Bonchev–Trinajstić information content (AvgIpc) is 2.39. The van der Waals surface area contributed by atoms with Gasteiger partial charge in [0.2, 0.25) is 0 Å². The summed E-state index contributed by atoms with van der Waals surface area (Å²) in [4.78, 5) is 0. The molecule has 2 aromatic rings. The maximum Gasteiger partial charge on any atom is 0.127 e. The maximum atomic E-state index is 10.0. The molecule has 0 bridgehead atoms. The van der Waals surface area contributed by atoms with Crippen LogP contribution in [0.15, 0.2) is 30.3 Å². The minimum atomic E-state index is 0.0510. The van der Waals surface area contributed by atoms with E-state index in [9.17, 15) is 15.3 Å². The first-order valence-electron chi connectivity index (χ1n) is 6.44. The van der Waals surface area contributed by atoms with Crippen LogP contribution < -0.4 is 0 Å². The largest absolute Gasteiger partial charge is 0.508 e. The van der Waals surface area contributed by atoms with Crippen molar-refractivity contribution >= 4 is 0 Å². The first-order chi connectivity index (χ1) is 9.08. The van der Waals surface area contributed by atoms with Crippen LogP contribution in [0.2, 0.25) is 0 Å². The molecule has 19 heavy (non-hydrogen) atoms. The molecule has 0 fully saturated rings. The molecule has 3 heteroatoms. The molecule has 3 nitrogen and oxygen atoms in total. The Morgan fingerprint density at radius 1 is 0.789 bits per heavy atom. The highest BCUT2D eigenvalue weighted by molar-refractivity contribution is 5.81. The van der Waals surface area contributed by atoms with Crippen molar-refractivity contribution in [1.82, 2.24) is 0 Å². The molecule has 2 aromatic carbocycles. The molecule has 100 valence electrons. The third-order valence-electron chi connectivity index (χ3n) is 3.32. The predicted molar refractivity (Wildman–Crippen MR) is 75.6 cm³/mol. The molecule has 0 aromatic heterocycles. The zero-order valence-electron chi connectivity index (χ0n) is 11.1. The highest BCUT2D eigenvalue weighted by Crippen LogP contribution is 2.42. The Labute approximate surface area is 112 Å². The molecule has 0 unspecified atom stereocenters. The third kappa shape index (κ3) is 2.36. The van der Waals surface area contributed by atoms with Crippen LogP contribution in [0.5, 0.6) is 17.2 Å². The second kappa shape index (κ2) is 5.22. The summed E-state index contributed by atoms with van der Waals surface area (Å²) in [5.41, 5.74) is 3.08. The Bertz CT molecular complexity index is 558. The van der Waals surface area contributed by atoms with Gasteiger partial charge in [0, 0.05) is 0 Å². The Balaban J connectivity index is 2.80. The molecule has 0 aliphatic heterocycles. The molecule has 3 N–H and O–H groups in total. The lowest BCUT2D eigenvalue weighted by molar-refractivity contribution is 0.453. The first-order valence-corrected chi connectivity index (χ1v) is 6.44. The minimum absolute atomic E-state index is 0.0510. The second-order valence-electron chi connectivity index (χ2n) is 4.52. The van der Waals surface area contributed by atoms with Crippen LogP contribution in [0.3, 0.4) is 0 Å². The summed E-state index contributed by atoms with van der Waals surface area (Å²) in [5.74, 6) is 0.317. The van der Waals surface area contributed by atoms with Crippen LogP contribution >= 0.6 is 0 Å². The van der Waals surface area contributed by atoms with E-state index in [-0.39, 0.29) is 17.2 Å². The number of rotatable bonds is 3. The molecule has 0 radical (unpaired) electrons. The highest BCUT2D eigenvalue weighted by Gasteiger charge is 2.17. The summed E-state index contributed by atoms with van der Waals surface area (Å²) in [6, 6.07) is 8.08. The highest BCUT2D eigenvalue weighted by atomic mass is 16.3. The number of phenolic OH excluding ortho intramolecular Hbond substituents is 3. The van der Waals surface area contributed by atoms with Gasteiger partial charge in [-0.1, -0.05) is 19.9 Å². The van der Waals surface area contributed by atoms with Gasteiger partial charge < -0.3 is 15.3 Å². The zero-order chi connectivity index (χ0) is 14.0. The second-order valence-corrected chi connectivity index (χ2v) is 4.52. The molecular weight excluding hydrogens is 240 g/mol. The van der Waals surface area contributed by atoms with Crippen LogP contribution in [-0.4, -0.2) is 15.3 Å². The van der Waals surface area contributed by atoms with Crippen molar-refractivity contribution in [3.8, 4) is 28.4 Å². The van der Waals surface area contributed by atoms with Gasteiger partial charge in [-0.15, -0.1) is 0 Å². The van der Waals surface area contributed by atoms with E-state index in [4.69, 9.17) is 0 Å². The van der Waals surface area contributed by atoms with E-state index in [0.717, 1.165) is 16.7 Å². The first kappa shape index (κ1) is 13.3. The fourth-order valence-corrected chi connectivity index (χ4v) is 2.41. The summed E-state index contributed by atoms with van der Waals surface area (Å²) in [6.45, 7) is 3.96. The van der Waals surface area contributed by atoms with Gasteiger partial charge in [0.1, 0.15) is 17.2 Å². The van der Waals surface area contributed by atoms with E-state index in [1.807, 2.05) is 13.8 Å². The summed E-state index contributed by atoms with van der Waals surface area (Å²) in [6.07, 6.45) is 1.43. The maximum absolute atomic E-state index is 10.0.